The van der Waals surface area contributed by atoms with E-state index in [1.165, 1.54) is 103 Å². The van der Waals surface area contributed by atoms with Crippen molar-refractivity contribution in [2.75, 3.05) is 0 Å². The van der Waals surface area contributed by atoms with Crippen LogP contribution in [0.1, 0.15) is 128 Å². The zero-order valence-corrected chi connectivity index (χ0v) is 16.2. The van der Waals surface area contributed by atoms with E-state index < -0.39 is 0 Å². The van der Waals surface area contributed by atoms with Gasteiger partial charge >= 0.3 is 0 Å². The summed E-state index contributed by atoms with van der Waals surface area (Å²) < 4.78 is 0. The number of hydrogen-bond donors (Lipinski definition) is 1. The van der Waals surface area contributed by atoms with Gasteiger partial charge in [0.1, 0.15) is 0 Å². The maximum absolute atomic E-state index is 3.99. The predicted molar refractivity (Wildman–Crippen MR) is 102 cm³/mol. The minimum absolute atomic E-state index is 0.460. The summed E-state index contributed by atoms with van der Waals surface area (Å²) in [6.07, 6.45) is 22.5. The van der Waals surface area contributed by atoms with E-state index in [2.05, 4.69) is 34.5 Å². The topological polar surface area (TPSA) is 54.5 Å². The molecule has 4 nitrogen and oxygen atoms in total. The molecule has 0 aromatic carbocycles. The standard InChI is InChI=1S/C20H40N4/c1-3-4-5-6-7-8-9-10-11-12-13-14-15-16-17-18-19(2)20-21-23-24-22-20/h19H,3-18H2,1-2H3,(H,21,22,23,24). The molecule has 4 heteroatoms. The van der Waals surface area contributed by atoms with Gasteiger partial charge in [0.25, 0.3) is 0 Å². The van der Waals surface area contributed by atoms with Crippen LogP contribution in [0.25, 0.3) is 0 Å². The Morgan fingerprint density at radius 1 is 0.708 bits per heavy atom. The summed E-state index contributed by atoms with van der Waals surface area (Å²) in [6, 6.07) is 0. The zero-order valence-electron chi connectivity index (χ0n) is 16.2. The number of nitrogens with zero attached hydrogens (tertiary/aromatic N) is 3. The molecule has 1 aromatic heterocycles. The summed E-state index contributed by atoms with van der Waals surface area (Å²) >= 11 is 0. The number of H-pyrrole nitrogens is 1. The molecule has 1 aromatic rings. The summed E-state index contributed by atoms with van der Waals surface area (Å²) in [5, 5.41) is 14.1. The Labute approximate surface area is 149 Å². The molecular weight excluding hydrogens is 296 g/mol. The van der Waals surface area contributed by atoms with Crippen LogP contribution in [0.2, 0.25) is 0 Å². The smallest absolute Gasteiger partial charge is 0.151 e. The molecule has 1 N–H and O–H groups in total. The average Bonchev–Trinajstić information content (AvgIpc) is 3.13. The maximum Gasteiger partial charge on any atom is 0.151 e. The molecule has 1 heterocycles. The normalized spacial score (nSPS) is 12.6. The number of aromatic nitrogens is 4. The second-order valence-electron chi connectivity index (χ2n) is 7.43. The van der Waals surface area contributed by atoms with Gasteiger partial charge in [0, 0.05) is 5.92 Å². The Hall–Kier alpha value is -0.930. The van der Waals surface area contributed by atoms with E-state index in [0.29, 0.717) is 5.92 Å². The van der Waals surface area contributed by atoms with Crippen LogP contribution < -0.4 is 0 Å². The van der Waals surface area contributed by atoms with Crippen LogP contribution >= 0.6 is 0 Å². The molecule has 1 rings (SSSR count). The Morgan fingerprint density at radius 3 is 1.58 bits per heavy atom. The Kier molecular flexibility index (Phi) is 13.7. The quantitative estimate of drug-likeness (QED) is 0.327. The van der Waals surface area contributed by atoms with E-state index in [1.807, 2.05) is 0 Å². The highest BCUT2D eigenvalue weighted by molar-refractivity contribution is 4.86. The Bertz CT molecular complexity index is 351. The fraction of sp³-hybridized carbons (Fsp3) is 0.950. The minimum Gasteiger partial charge on any atom is -0.243 e. The highest BCUT2D eigenvalue weighted by Gasteiger charge is 2.08. The molecule has 1 unspecified atom stereocenters. The molecule has 0 radical (unpaired) electrons. The molecule has 0 aliphatic carbocycles. The fourth-order valence-electron chi connectivity index (χ4n) is 3.33. The summed E-state index contributed by atoms with van der Waals surface area (Å²) in [7, 11) is 0. The van der Waals surface area contributed by atoms with Gasteiger partial charge < -0.3 is 0 Å². The van der Waals surface area contributed by atoms with Gasteiger partial charge in [-0.2, -0.15) is 0 Å². The number of hydrogen-bond acceptors (Lipinski definition) is 3. The predicted octanol–water partition coefficient (Wildman–Crippen LogP) is 6.56. The van der Waals surface area contributed by atoms with Crippen LogP contribution in [0.4, 0.5) is 0 Å². The second kappa shape index (κ2) is 15.6. The monoisotopic (exact) mass is 336 g/mol. The largest absolute Gasteiger partial charge is 0.243 e. The second-order valence-corrected chi connectivity index (χ2v) is 7.43. The fourth-order valence-corrected chi connectivity index (χ4v) is 3.33. The maximum atomic E-state index is 3.99. The molecule has 1 atom stereocenters. The SMILES string of the molecule is CCCCCCCCCCCCCCCCCC(C)c1nnn[nH]1. The van der Waals surface area contributed by atoms with Crippen molar-refractivity contribution in [1.29, 1.82) is 0 Å². The molecule has 0 amide bonds. The van der Waals surface area contributed by atoms with Crippen molar-refractivity contribution in [3.63, 3.8) is 0 Å². The van der Waals surface area contributed by atoms with Crippen molar-refractivity contribution in [2.24, 2.45) is 0 Å². The number of aromatic amines is 1. The van der Waals surface area contributed by atoms with Crippen LogP contribution in [-0.2, 0) is 0 Å². The molecule has 0 fully saturated rings. The third-order valence-corrected chi connectivity index (χ3v) is 5.07. The van der Waals surface area contributed by atoms with Crippen LogP contribution in [0.5, 0.6) is 0 Å². The lowest BCUT2D eigenvalue weighted by atomic mass is 10.0. The number of nitrogens with one attached hydrogen (secondary N) is 1. The number of rotatable bonds is 17. The van der Waals surface area contributed by atoms with Crippen molar-refractivity contribution >= 4 is 0 Å². The van der Waals surface area contributed by atoms with E-state index in [0.717, 1.165) is 5.82 Å². The highest BCUT2D eigenvalue weighted by atomic mass is 15.5. The molecular formula is C20H40N4. The number of unbranched alkanes of at least 4 members (excludes halogenated alkanes) is 14. The highest BCUT2D eigenvalue weighted by Crippen LogP contribution is 2.18. The van der Waals surface area contributed by atoms with Crippen LogP contribution in [0.15, 0.2) is 0 Å². The Morgan fingerprint density at radius 2 is 1.17 bits per heavy atom. The molecule has 0 saturated heterocycles. The molecule has 0 saturated carbocycles. The molecule has 0 bridgehead atoms. The zero-order chi connectivity index (χ0) is 17.3. The van der Waals surface area contributed by atoms with E-state index in [9.17, 15) is 0 Å². The molecule has 0 aliphatic heterocycles. The lowest BCUT2D eigenvalue weighted by molar-refractivity contribution is 0.518. The van der Waals surface area contributed by atoms with Crippen molar-refractivity contribution in [3.8, 4) is 0 Å². The van der Waals surface area contributed by atoms with Gasteiger partial charge in [-0.3, -0.25) is 0 Å². The summed E-state index contributed by atoms with van der Waals surface area (Å²) in [4.78, 5) is 0. The van der Waals surface area contributed by atoms with Gasteiger partial charge in [0.2, 0.25) is 0 Å². The Balaban J connectivity index is 1.73. The summed E-state index contributed by atoms with van der Waals surface area (Å²) in [5.74, 6) is 1.39. The van der Waals surface area contributed by atoms with E-state index in [1.54, 1.807) is 0 Å². The summed E-state index contributed by atoms with van der Waals surface area (Å²) in [5.41, 5.74) is 0. The van der Waals surface area contributed by atoms with E-state index >= 15 is 0 Å². The first-order chi connectivity index (χ1) is 11.8. The van der Waals surface area contributed by atoms with Gasteiger partial charge in [-0.15, -0.1) is 5.10 Å². The van der Waals surface area contributed by atoms with Gasteiger partial charge in [-0.1, -0.05) is 110 Å². The molecule has 140 valence electrons. The molecule has 0 spiro atoms. The third kappa shape index (κ3) is 11.6. The van der Waals surface area contributed by atoms with E-state index in [-0.39, 0.29) is 0 Å². The van der Waals surface area contributed by atoms with Gasteiger partial charge in [0.05, 0.1) is 0 Å². The van der Waals surface area contributed by atoms with E-state index in [4.69, 9.17) is 0 Å². The van der Waals surface area contributed by atoms with Crippen LogP contribution in [-0.4, -0.2) is 20.6 Å². The molecule has 24 heavy (non-hydrogen) atoms. The van der Waals surface area contributed by atoms with Crippen LogP contribution in [0, 0.1) is 0 Å². The number of tetrazole rings is 1. The average molecular weight is 337 g/mol. The van der Waals surface area contributed by atoms with Crippen molar-refractivity contribution < 1.29 is 0 Å². The lowest BCUT2D eigenvalue weighted by Gasteiger charge is -2.07. The summed E-state index contributed by atoms with van der Waals surface area (Å²) in [6.45, 7) is 4.49. The lowest BCUT2D eigenvalue weighted by Crippen LogP contribution is -1.96. The van der Waals surface area contributed by atoms with Gasteiger partial charge in [-0.05, 0) is 16.8 Å². The van der Waals surface area contributed by atoms with Gasteiger partial charge in [-0.25, -0.2) is 5.10 Å². The van der Waals surface area contributed by atoms with Crippen molar-refractivity contribution in [2.45, 2.75) is 122 Å². The van der Waals surface area contributed by atoms with Gasteiger partial charge in [0.15, 0.2) is 5.82 Å². The van der Waals surface area contributed by atoms with Crippen molar-refractivity contribution in [1.82, 2.24) is 20.6 Å². The van der Waals surface area contributed by atoms with Crippen LogP contribution in [0.3, 0.4) is 0 Å². The first-order valence-electron chi connectivity index (χ1n) is 10.6. The first kappa shape index (κ1) is 21.1. The molecule has 0 aliphatic rings. The first-order valence-corrected chi connectivity index (χ1v) is 10.6. The minimum atomic E-state index is 0.460. The third-order valence-electron chi connectivity index (χ3n) is 5.07. The van der Waals surface area contributed by atoms with Crippen molar-refractivity contribution in [3.05, 3.63) is 5.82 Å².